The van der Waals surface area contributed by atoms with E-state index in [1.807, 2.05) is 17.3 Å². The molecule has 5 N–H and O–H groups in total. The molecule has 0 aliphatic carbocycles. The zero-order chi connectivity index (χ0) is 43.1. The van der Waals surface area contributed by atoms with Gasteiger partial charge in [0.15, 0.2) is 0 Å². The van der Waals surface area contributed by atoms with E-state index in [9.17, 15) is 19.2 Å². The van der Waals surface area contributed by atoms with Gasteiger partial charge >= 0.3 is 12.2 Å². The number of nitrogens with one attached hydrogen (secondary N) is 5. The van der Waals surface area contributed by atoms with Crippen LogP contribution in [-0.4, -0.2) is 93.1 Å². The van der Waals surface area contributed by atoms with Crippen LogP contribution in [0.15, 0.2) is 79.1 Å². The van der Waals surface area contributed by atoms with Crippen molar-refractivity contribution in [2.75, 3.05) is 27.3 Å². The van der Waals surface area contributed by atoms with Crippen molar-refractivity contribution in [2.45, 2.75) is 94.5 Å². The molecule has 4 amide bonds. The molecule has 322 valence electrons. The van der Waals surface area contributed by atoms with Gasteiger partial charge in [-0.15, -0.1) is 0 Å². The molecule has 15 heteroatoms. The summed E-state index contributed by atoms with van der Waals surface area (Å²) in [6, 6.07) is 22.2. The van der Waals surface area contributed by atoms with Crippen molar-refractivity contribution in [3.8, 4) is 33.6 Å². The minimum atomic E-state index is -0.726. The number of likely N-dealkylation sites (tertiary alicyclic amines) is 2. The summed E-state index contributed by atoms with van der Waals surface area (Å²) in [4.78, 5) is 70.7. The largest absolute Gasteiger partial charge is 0.453 e. The van der Waals surface area contributed by atoms with E-state index < -0.39 is 24.3 Å². The molecule has 4 aliphatic heterocycles. The minimum Gasteiger partial charge on any atom is -0.453 e. The molecule has 15 nitrogen and oxygen atoms in total. The fraction of sp³-hybridized carbons (Fsp3) is 0.404. The van der Waals surface area contributed by atoms with E-state index in [0.29, 0.717) is 19.0 Å². The van der Waals surface area contributed by atoms with E-state index in [0.717, 1.165) is 78.3 Å². The third-order valence-electron chi connectivity index (χ3n) is 13.2. The zero-order valence-corrected chi connectivity index (χ0v) is 35.4. The first-order valence-electron chi connectivity index (χ1n) is 21.6. The molecule has 0 spiro atoms. The molecule has 6 heterocycles. The lowest BCUT2D eigenvalue weighted by atomic mass is 9.85. The van der Waals surface area contributed by atoms with Crippen molar-refractivity contribution in [3.05, 3.63) is 107 Å². The highest BCUT2D eigenvalue weighted by molar-refractivity contribution is 5.87. The number of carbonyl (C=O) groups excluding carboxylic acids is 4. The van der Waals surface area contributed by atoms with Gasteiger partial charge in [0.05, 0.1) is 50.1 Å². The fourth-order valence-corrected chi connectivity index (χ4v) is 10.2. The number of alkyl carbamates (subject to hydrolysis) is 2. The number of hydrogen-bond donors (Lipinski definition) is 5. The summed E-state index contributed by atoms with van der Waals surface area (Å²) >= 11 is 0. The number of methoxy groups -OCH3 is 2. The van der Waals surface area contributed by atoms with E-state index in [1.165, 1.54) is 36.5 Å². The Morgan fingerprint density at radius 2 is 1.16 bits per heavy atom. The number of piperidine rings is 1. The Bertz CT molecular complexity index is 2470. The van der Waals surface area contributed by atoms with Crippen LogP contribution in [0.5, 0.6) is 0 Å². The first-order chi connectivity index (χ1) is 30.1. The number of rotatable bonds is 10. The Morgan fingerprint density at radius 3 is 1.73 bits per heavy atom. The number of nitrogens with zero attached hydrogens (tertiary/aromatic N) is 4. The highest BCUT2D eigenvalue weighted by Crippen LogP contribution is 2.54. The lowest BCUT2D eigenvalue weighted by molar-refractivity contribution is -0.134. The Labute approximate surface area is 360 Å². The second-order valence-corrected chi connectivity index (χ2v) is 16.9. The summed E-state index contributed by atoms with van der Waals surface area (Å²) in [6.45, 7) is 4.51. The summed E-state index contributed by atoms with van der Waals surface area (Å²) < 4.78 is 9.42. The average molecular weight is 840 g/mol. The van der Waals surface area contributed by atoms with Crippen LogP contribution in [-0.2, 0) is 19.1 Å². The van der Waals surface area contributed by atoms with Crippen LogP contribution < -0.4 is 16.0 Å². The van der Waals surface area contributed by atoms with Gasteiger partial charge in [-0.25, -0.2) is 19.6 Å². The van der Waals surface area contributed by atoms with Crippen molar-refractivity contribution in [3.63, 3.8) is 0 Å². The number of fused-ring (bicyclic) bond motifs is 5. The first-order valence-corrected chi connectivity index (χ1v) is 21.6. The highest BCUT2D eigenvalue weighted by Gasteiger charge is 2.42. The van der Waals surface area contributed by atoms with Gasteiger partial charge in [-0.1, -0.05) is 66.7 Å². The number of hydrogen-bond acceptors (Lipinski definition) is 9. The lowest BCUT2D eigenvalue weighted by Crippen LogP contribution is -2.46. The van der Waals surface area contributed by atoms with Gasteiger partial charge in [-0.2, -0.15) is 0 Å². The number of amides is 4. The molecule has 3 aromatic carbocycles. The van der Waals surface area contributed by atoms with Crippen LogP contribution in [0.2, 0.25) is 0 Å². The normalized spacial score (nSPS) is 22.5. The number of H-pyrrole nitrogens is 2. The Hall–Kier alpha value is -6.48. The second kappa shape index (κ2) is 17.1. The monoisotopic (exact) mass is 839 g/mol. The van der Waals surface area contributed by atoms with Gasteiger partial charge in [0.1, 0.15) is 23.7 Å². The summed E-state index contributed by atoms with van der Waals surface area (Å²) in [5.41, 5.74) is 10.1. The zero-order valence-electron chi connectivity index (χ0n) is 35.4. The SMILES string of the molecule is COC(=O)N[C@@H](C)C(=O)N1CCCC1c1ncc(-c2ccc(-c3ccc(-c4cnc(C5CCCN5C(=O)[C@@H](C)NC(=O)OC)[nH]4)cc3)c3c2C2CC(c4ccccc4)CC3N2)[nH]1. The first kappa shape index (κ1) is 40.9. The van der Waals surface area contributed by atoms with Crippen molar-refractivity contribution in [2.24, 2.45) is 0 Å². The predicted octanol–water partition coefficient (Wildman–Crippen LogP) is 7.21. The molecule has 3 saturated heterocycles. The van der Waals surface area contributed by atoms with E-state index in [4.69, 9.17) is 19.4 Å². The Kier molecular flexibility index (Phi) is 11.3. The highest BCUT2D eigenvalue weighted by atomic mass is 16.5. The predicted molar refractivity (Wildman–Crippen MR) is 231 cm³/mol. The Morgan fingerprint density at radius 1 is 0.661 bits per heavy atom. The van der Waals surface area contributed by atoms with Crippen LogP contribution in [0.3, 0.4) is 0 Å². The third kappa shape index (κ3) is 7.69. The van der Waals surface area contributed by atoms with Crippen LogP contribution in [0.4, 0.5) is 9.59 Å². The van der Waals surface area contributed by atoms with E-state index >= 15 is 0 Å². The molecule has 9 rings (SSSR count). The van der Waals surface area contributed by atoms with Gasteiger partial charge in [0.25, 0.3) is 0 Å². The molecular formula is C47H53N9O6. The molecule has 2 aromatic heterocycles. The van der Waals surface area contributed by atoms with Crippen LogP contribution in [0, 0.1) is 0 Å². The van der Waals surface area contributed by atoms with Crippen LogP contribution in [0.1, 0.15) is 111 Å². The molecule has 3 fully saturated rings. The van der Waals surface area contributed by atoms with Gasteiger partial charge in [-0.3, -0.25) is 9.59 Å². The summed E-state index contributed by atoms with van der Waals surface area (Å²) in [6.07, 6.45) is 7.62. The lowest BCUT2D eigenvalue weighted by Gasteiger charge is -2.30. The number of benzene rings is 3. The number of ether oxygens (including phenoxy) is 2. The van der Waals surface area contributed by atoms with Crippen LogP contribution in [0.25, 0.3) is 33.6 Å². The molecule has 5 aromatic rings. The van der Waals surface area contributed by atoms with E-state index in [2.05, 4.69) is 92.6 Å². The van der Waals surface area contributed by atoms with Crippen molar-refractivity contribution < 1.29 is 28.7 Å². The summed E-state index contributed by atoms with van der Waals surface area (Å²) in [5.74, 6) is 1.51. The van der Waals surface area contributed by atoms with E-state index in [1.54, 1.807) is 18.7 Å². The molecular weight excluding hydrogens is 787 g/mol. The quantitative estimate of drug-likeness (QED) is 0.0969. The average Bonchev–Trinajstić information content (AvgIpc) is 4.17. The fourth-order valence-electron chi connectivity index (χ4n) is 10.2. The maximum absolute atomic E-state index is 13.5. The summed E-state index contributed by atoms with van der Waals surface area (Å²) in [7, 11) is 2.56. The third-order valence-corrected chi connectivity index (χ3v) is 13.2. The van der Waals surface area contributed by atoms with Crippen molar-refractivity contribution in [1.29, 1.82) is 0 Å². The minimum absolute atomic E-state index is 0.134. The molecule has 0 radical (unpaired) electrons. The molecule has 2 bridgehead atoms. The smallest absolute Gasteiger partial charge is 0.407 e. The maximum Gasteiger partial charge on any atom is 0.407 e. The van der Waals surface area contributed by atoms with Crippen molar-refractivity contribution in [1.82, 2.24) is 45.7 Å². The Balaban J connectivity index is 0.998. The maximum atomic E-state index is 13.5. The molecule has 5 unspecified atom stereocenters. The topological polar surface area (TPSA) is 187 Å². The number of aromatic amines is 2. The second-order valence-electron chi connectivity index (χ2n) is 16.9. The number of carbonyl (C=O) groups is 4. The van der Waals surface area contributed by atoms with E-state index in [-0.39, 0.29) is 36.0 Å². The van der Waals surface area contributed by atoms with Gasteiger partial charge in [0.2, 0.25) is 11.8 Å². The van der Waals surface area contributed by atoms with Gasteiger partial charge < -0.3 is 45.2 Å². The molecule has 62 heavy (non-hydrogen) atoms. The number of aromatic nitrogens is 4. The van der Waals surface area contributed by atoms with Gasteiger partial charge in [0, 0.05) is 30.7 Å². The summed E-state index contributed by atoms with van der Waals surface area (Å²) in [5, 5.41) is 9.19. The molecule has 0 saturated carbocycles. The van der Waals surface area contributed by atoms with Crippen LogP contribution >= 0.6 is 0 Å². The molecule has 7 atom stereocenters. The van der Waals surface area contributed by atoms with Crippen molar-refractivity contribution >= 4 is 24.0 Å². The number of imidazole rings is 2. The standard InChI is InChI=1S/C47H53N9O6/c1-26(50-46(59)61-3)44(57)55-20-8-12-38(55)42-48-24-36(53-42)30-16-14-29(15-17-30)32-18-19-33(41-35-23-31(22-34(52-35)40(32)41)28-10-6-5-7-11-28)37-25-49-43(54-37)39-13-9-21-56(39)45(58)27(2)51-47(60)62-4/h5-7,10-11,14-19,24-27,31,34-35,38-39,52H,8-9,12-13,20-23H2,1-4H3,(H,48,53)(H,49,54)(H,50,59)(H,51,60)/t26-,27+,31?,34?,35?,38?,39?/m1/s1. The van der Waals surface area contributed by atoms with Gasteiger partial charge in [-0.05, 0) is 91.7 Å². The molecule has 4 aliphatic rings.